The van der Waals surface area contributed by atoms with Crippen molar-refractivity contribution in [2.45, 2.75) is 29.4 Å². The lowest BCUT2D eigenvalue weighted by Gasteiger charge is -2.25. The van der Waals surface area contributed by atoms with Gasteiger partial charge < -0.3 is 0 Å². The average molecular weight is 368 g/mol. The quantitative estimate of drug-likeness (QED) is 0.849. The zero-order valence-electron chi connectivity index (χ0n) is 12.7. The molecule has 0 spiro atoms. The van der Waals surface area contributed by atoms with E-state index in [0.717, 1.165) is 17.3 Å². The van der Waals surface area contributed by atoms with E-state index in [-0.39, 0.29) is 47.8 Å². The predicted molar refractivity (Wildman–Crippen MR) is 88.1 cm³/mol. The van der Waals surface area contributed by atoms with Crippen LogP contribution in [0, 0.1) is 0 Å². The monoisotopic (exact) mass is 368 g/mol. The summed E-state index contributed by atoms with van der Waals surface area (Å²) in [7, 11) is -3.61. The Balaban J connectivity index is 1.71. The number of ketones is 1. The third kappa shape index (κ3) is 3.52. The zero-order chi connectivity index (χ0) is 17.3. The van der Waals surface area contributed by atoms with Crippen LogP contribution in [0.15, 0.2) is 29.2 Å². The molecule has 1 aromatic carbocycles. The van der Waals surface area contributed by atoms with E-state index in [9.17, 15) is 22.8 Å². The molecule has 7 nitrogen and oxygen atoms in total. The third-order valence-electron chi connectivity index (χ3n) is 4.03. The van der Waals surface area contributed by atoms with E-state index in [1.54, 1.807) is 12.1 Å². The van der Waals surface area contributed by atoms with Gasteiger partial charge in [-0.05, 0) is 24.1 Å². The minimum absolute atomic E-state index is 0.0821. The molecular weight excluding hydrogens is 352 g/mol. The smallest absolute Gasteiger partial charge is 0.286 e. The van der Waals surface area contributed by atoms with Gasteiger partial charge in [0.15, 0.2) is 0 Å². The van der Waals surface area contributed by atoms with E-state index >= 15 is 0 Å². The minimum atomic E-state index is -3.61. The number of carbonyl (C=O) groups excluding carboxylic acids is 3. The first-order chi connectivity index (χ1) is 11.4. The van der Waals surface area contributed by atoms with E-state index in [1.807, 2.05) is 0 Å². The van der Waals surface area contributed by atoms with Crippen molar-refractivity contribution in [3.63, 3.8) is 0 Å². The maximum absolute atomic E-state index is 12.5. The molecule has 128 valence electrons. The van der Waals surface area contributed by atoms with Crippen molar-refractivity contribution < 1.29 is 22.8 Å². The summed E-state index contributed by atoms with van der Waals surface area (Å²) in [5.41, 5.74) is 0.783. The summed E-state index contributed by atoms with van der Waals surface area (Å²) < 4.78 is 26.4. The Labute approximate surface area is 143 Å². The van der Waals surface area contributed by atoms with E-state index in [2.05, 4.69) is 5.32 Å². The van der Waals surface area contributed by atoms with Crippen LogP contribution in [0.3, 0.4) is 0 Å². The second-order valence-corrected chi connectivity index (χ2v) is 8.79. The van der Waals surface area contributed by atoms with Crippen LogP contribution < -0.4 is 5.32 Å². The number of nitrogens with zero attached hydrogens (tertiary/aromatic N) is 1. The van der Waals surface area contributed by atoms with Crippen molar-refractivity contribution in [3.8, 4) is 0 Å². The summed E-state index contributed by atoms with van der Waals surface area (Å²) in [4.78, 5) is 34.1. The highest BCUT2D eigenvalue weighted by molar-refractivity contribution is 8.15. The number of Topliss-reactive ketones (excluding diaryl/α,β-unsaturated/α-hetero) is 1. The molecule has 2 amide bonds. The van der Waals surface area contributed by atoms with Crippen LogP contribution in [0.2, 0.25) is 0 Å². The molecule has 0 bridgehead atoms. The van der Waals surface area contributed by atoms with Crippen LogP contribution in [0.4, 0.5) is 4.79 Å². The third-order valence-corrected chi connectivity index (χ3v) is 6.92. The summed E-state index contributed by atoms with van der Waals surface area (Å²) in [6.45, 7) is 0.424. The Morgan fingerprint density at radius 2 is 1.71 bits per heavy atom. The van der Waals surface area contributed by atoms with Gasteiger partial charge in [0.05, 0.1) is 10.1 Å². The summed E-state index contributed by atoms with van der Waals surface area (Å²) in [6, 6.07) is 6.30. The number of rotatable bonds is 4. The number of benzene rings is 1. The van der Waals surface area contributed by atoms with Gasteiger partial charge in [-0.3, -0.25) is 19.7 Å². The van der Waals surface area contributed by atoms with Gasteiger partial charge in [-0.1, -0.05) is 23.9 Å². The molecule has 9 heteroatoms. The lowest BCUT2D eigenvalue weighted by atomic mass is 10.1. The van der Waals surface area contributed by atoms with E-state index < -0.39 is 15.3 Å². The van der Waals surface area contributed by atoms with E-state index in [0.29, 0.717) is 6.42 Å². The number of carbonyl (C=O) groups is 3. The average Bonchev–Trinajstić information content (AvgIpc) is 2.86. The number of hydrogen-bond donors (Lipinski definition) is 1. The number of nitrogens with one attached hydrogen (secondary N) is 1. The van der Waals surface area contributed by atoms with Gasteiger partial charge in [0.25, 0.3) is 5.24 Å². The molecule has 1 aromatic rings. The standard InChI is InChI=1S/C15H16N2O5S2/c18-11-5-7-17(8-6-11)24(21,22)12-3-1-10(2-4-12)9-13-14(19)16-15(20)23-13/h1-4,13H,5-9H2,(H,16,19,20). The van der Waals surface area contributed by atoms with Crippen LogP contribution in [-0.2, 0) is 26.0 Å². The lowest BCUT2D eigenvalue weighted by Crippen LogP contribution is -2.38. The molecule has 2 heterocycles. The number of hydrogen-bond acceptors (Lipinski definition) is 6. The first-order valence-corrected chi connectivity index (χ1v) is 9.80. The van der Waals surface area contributed by atoms with Gasteiger partial charge >= 0.3 is 0 Å². The first-order valence-electron chi connectivity index (χ1n) is 7.48. The normalized spacial score (nSPS) is 22.7. The Morgan fingerprint density at radius 3 is 2.25 bits per heavy atom. The van der Waals surface area contributed by atoms with Gasteiger partial charge in [-0.2, -0.15) is 4.31 Å². The summed E-state index contributed by atoms with van der Waals surface area (Å²) in [5, 5.41) is 1.39. The predicted octanol–water partition coefficient (Wildman–Crippen LogP) is 0.934. The molecule has 0 aromatic heterocycles. The fourth-order valence-electron chi connectivity index (χ4n) is 2.66. The van der Waals surface area contributed by atoms with E-state index in [1.165, 1.54) is 16.4 Å². The van der Waals surface area contributed by atoms with Gasteiger partial charge in [0, 0.05) is 25.9 Å². The summed E-state index contributed by atoms with van der Waals surface area (Å²) in [5.74, 6) is -0.238. The Kier molecular flexibility index (Phi) is 4.75. The summed E-state index contributed by atoms with van der Waals surface area (Å²) >= 11 is 0.943. The topological polar surface area (TPSA) is 101 Å². The van der Waals surface area contributed by atoms with Gasteiger partial charge in [0.2, 0.25) is 15.9 Å². The Morgan fingerprint density at radius 1 is 1.08 bits per heavy atom. The van der Waals surface area contributed by atoms with Gasteiger partial charge in [-0.25, -0.2) is 8.42 Å². The van der Waals surface area contributed by atoms with Crippen LogP contribution in [-0.4, -0.2) is 48.0 Å². The molecule has 3 rings (SSSR count). The molecule has 0 aliphatic carbocycles. The van der Waals surface area contributed by atoms with Crippen LogP contribution in [0.25, 0.3) is 0 Å². The largest absolute Gasteiger partial charge is 0.300 e. The SMILES string of the molecule is O=C1CCN(S(=O)(=O)c2ccc(CC3SC(=O)NC3=O)cc2)CC1. The van der Waals surface area contributed by atoms with Crippen molar-refractivity contribution in [1.82, 2.24) is 9.62 Å². The molecule has 2 aliphatic heterocycles. The Bertz CT molecular complexity index is 779. The fourth-order valence-corrected chi connectivity index (χ4v) is 4.97. The highest BCUT2D eigenvalue weighted by Crippen LogP contribution is 2.24. The lowest BCUT2D eigenvalue weighted by molar-refractivity contribution is -0.120. The second-order valence-electron chi connectivity index (χ2n) is 5.67. The first kappa shape index (κ1) is 17.1. The number of piperidine rings is 1. The minimum Gasteiger partial charge on any atom is -0.300 e. The van der Waals surface area contributed by atoms with Gasteiger partial charge in [0.1, 0.15) is 5.78 Å². The number of thioether (sulfide) groups is 1. The van der Waals surface area contributed by atoms with E-state index in [4.69, 9.17) is 0 Å². The van der Waals surface area contributed by atoms with Gasteiger partial charge in [-0.15, -0.1) is 0 Å². The zero-order valence-corrected chi connectivity index (χ0v) is 14.4. The molecule has 0 saturated carbocycles. The van der Waals surface area contributed by atoms with Crippen LogP contribution in [0.1, 0.15) is 18.4 Å². The molecule has 2 saturated heterocycles. The molecule has 1 atom stereocenters. The number of sulfonamides is 1. The van der Waals surface area contributed by atoms with Crippen molar-refractivity contribution >= 4 is 38.7 Å². The second kappa shape index (κ2) is 6.66. The summed E-state index contributed by atoms with van der Waals surface area (Å²) in [6.07, 6.45) is 0.861. The molecule has 1 unspecified atom stereocenters. The molecular formula is C15H16N2O5S2. The molecule has 24 heavy (non-hydrogen) atoms. The maximum Gasteiger partial charge on any atom is 0.286 e. The van der Waals surface area contributed by atoms with Crippen molar-refractivity contribution in [1.29, 1.82) is 0 Å². The van der Waals surface area contributed by atoms with Crippen molar-refractivity contribution in [2.24, 2.45) is 0 Å². The highest BCUT2D eigenvalue weighted by Gasteiger charge is 2.32. The number of imide groups is 1. The van der Waals surface area contributed by atoms with Crippen molar-refractivity contribution in [2.75, 3.05) is 13.1 Å². The van der Waals surface area contributed by atoms with Crippen LogP contribution >= 0.6 is 11.8 Å². The van der Waals surface area contributed by atoms with Crippen molar-refractivity contribution in [3.05, 3.63) is 29.8 Å². The van der Waals surface area contributed by atoms with Crippen LogP contribution in [0.5, 0.6) is 0 Å². The fraction of sp³-hybridized carbons (Fsp3) is 0.400. The highest BCUT2D eigenvalue weighted by atomic mass is 32.2. The molecule has 2 fully saturated rings. The molecule has 0 radical (unpaired) electrons. The molecule has 1 N–H and O–H groups in total. The molecule has 2 aliphatic rings. The number of amides is 2. The Hall–Kier alpha value is -1.71. The maximum atomic E-state index is 12.5.